The van der Waals surface area contributed by atoms with E-state index in [-0.39, 0.29) is 43.7 Å². The van der Waals surface area contributed by atoms with Crippen molar-refractivity contribution in [3.8, 4) is 6.01 Å². The lowest BCUT2D eigenvalue weighted by Crippen LogP contribution is -2.34. The maximum Gasteiger partial charge on any atom is 0.416 e. The molecule has 0 amide bonds. The maximum atomic E-state index is 13.2. The van der Waals surface area contributed by atoms with E-state index in [1.165, 1.54) is 12.1 Å². The first-order chi connectivity index (χ1) is 15.3. The Balaban J connectivity index is 1.32. The monoisotopic (exact) mass is 469 g/mol. The quantitative estimate of drug-likeness (QED) is 0.596. The van der Waals surface area contributed by atoms with Gasteiger partial charge in [-0.05, 0) is 30.5 Å². The van der Waals surface area contributed by atoms with Crippen molar-refractivity contribution >= 4 is 22.8 Å². The van der Waals surface area contributed by atoms with Crippen molar-refractivity contribution in [2.45, 2.75) is 43.4 Å². The van der Waals surface area contributed by atoms with E-state index in [0.717, 1.165) is 6.07 Å². The summed E-state index contributed by atoms with van der Waals surface area (Å²) in [5.41, 5.74) is 0.835. The van der Waals surface area contributed by atoms with E-state index in [2.05, 4.69) is 15.0 Å². The third-order valence-corrected chi connectivity index (χ3v) is 6.00. The average Bonchev–Trinajstić information content (AvgIpc) is 3.43. The van der Waals surface area contributed by atoms with Crippen LogP contribution in [0.5, 0.6) is 6.01 Å². The molecule has 0 aliphatic carbocycles. The van der Waals surface area contributed by atoms with Gasteiger partial charge >= 0.3 is 6.18 Å². The number of halogens is 4. The number of aliphatic hydroxyl groups excluding tert-OH is 1. The van der Waals surface area contributed by atoms with Crippen molar-refractivity contribution in [3.63, 3.8) is 0 Å². The lowest BCUT2D eigenvalue weighted by molar-refractivity contribution is -0.138. The summed E-state index contributed by atoms with van der Waals surface area (Å²) in [6.45, 7) is 0.439. The predicted octanol–water partition coefficient (Wildman–Crippen LogP) is 3.32. The number of aryl methyl sites for hydroxylation is 2. The number of hydrogen-bond acceptors (Lipinski definition) is 6. The van der Waals surface area contributed by atoms with Gasteiger partial charge in [-0.3, -0.25) is 0 Å². The molecule has 0 saturated carbocycles. The Kier molecular flexibility index (Phi) is 5.48. The standard InChI is InChI=1S/C21H19ClF3N3O4/c22-12-7-14-19(26-13(12)6-5-10-3-1-2-4-11(10)21(23,24)25)28-20(27-14)32-16-9-31-17-15(29)8-30-18(16)17/h1-4,7,15-18,29H,5-6,8-9H2,(H,26,27,28)/t15-,16-,17-,18-/m1/s1. The zero-order valence-electron chi connectivity index (χ0n) is 16.6. The Hall–Kier alpha value is -2.40. The molecule has 7 nitrogen and oxygen atoms in total. The molecule has 3 aromatic rings. The van der Waals surface area contributed by atoms with Crippen LogP contribution < -0.4 is 4.74 Å². The van der Waals surface area contributed by atoms with Gasteiger partial charge in [0.25, 0.3) is 6.01 Å². The highest BCUT2D eigenvalue weighted by Crippen LogP contribution is 2.33. The van der Waals surface area contributed by atoms with Gasteiger partial charge in [-0.1, -0.05) is 29.8 Å². The highest BCUT2D eigenvalue weighted by molar-refractivity contribution is 6.31. The van der Waals surface area contributed by atoms with Crippen LogP contribution in [0.15, 0.2) is 30.3 Å². The second kappa shape index (κ2) is 8.18. The number of hydrogen-bond donors (Lipinski definition) is 2. The number of nitrogens with zero attached hydrogens (tertiary/aromatic N) is 2. The number of pyridine rings is 1. The van der Waals surface area contributed by atoms with Crippen LogP contribution in [-0.2, 0) is 28.5 Å². The Morgan fingerprint density at radius 1 is 1.12 bits per heavy atom. The second-order valence-electron chi connectivity index (χ2n) is 7.80. The molecule has 11 heteroatoms. The highest BCUT2D eigenvalue weighted by Gasteiger charge is 2.48. The maximum absolute atomic E-state index is 13.2. The normalized spacial score (nSPS) is 25.4. The number of nitrogens with one attached hydrogen (secondary N) is 1. The number of H-pyrrole nitrogens is 1. The van der Waals surface area contributed by atoms with Crippen LogP contribution in [-0.4, -0.2) is 57.7 Å². The summed E-state index contributed by atoms with van der Waals surface area (Å²) in [6, 6.07) is 7.28. The smallest absolute Gasteiger partial charge is 0.416 e. The molecule has 0 spiro atoms. The summed E-state index contributed by atoms with van der Waals surface area (Å²) in [6.07, 6.45) is -6.02. The van der Waals surface area contributed by atoms with Gasteiger partial charge in [0.05, 0.1) is 35.0 Å². The number of alkyl halides is 3. The summed E-state index contributed by atoms with van der Waals surface area (Å²) >= 11 is 6.33. The molecule has 170 valence electrons. The van der Waals surface area contributed by atoms with Gasteiger partial charge in [-0.25, -0.2) is 4.98 Å². The molecule has 4 heterocycles. The van der Waals surface area contributed by atoms with E-state index >= 15 is 0 Å². The summed E-state index contributed by atoms with van der Waals surface area (Å²) in [4.78, 5) is 11.7. The van der Waals surface area contributed by atoms with Crippen molar-refractivity contribution in [1.82, 2.24) is 15.0 Å². The lowest BCUT2D eigenvalue weighted by atomic mass is 10.0. The summed E-state index contributed by atoms with van der Waals surface area (Å²) in [5.74, 6) is 0. The van der Waals surface area contributed by atoms with E-state index in [1.54, 1.807) is 12.1 Å². The van der Waals surface area contributed by atoms with Gasteiger partial charge in [0.15, 0.2) is 11.8 Å². The first-order valence-corrected chi connectivity index (χ1v) is 10.5. The van der Waals surface area contributed by atoms with Gasteiger partial charge < -0.3 is 24.3 Å². The fraction of sp³-hybridized carbons (Fsp3) is 0.429. The van der Waals surface area contributed by atoms with Crippen LogP contribution >= 0.6 is 11.6 Å². The molecule has 2 N–H and O–H groups in total. The van der Waals surface area contributed by atoms with Crippen LogP contribution in [0.3, 0.4) is 0 Å². The largest absolute Gasteiger partial charge is 0.456 e. The molecule has 0 unspecified atom stereocenters. The van der Waals surface area contributed by atoms with Gasteiger partial charge in [-0.15, -0.1) is 0 Å². The number of aromatic nitrogens is 3. The summed E-state index contributed by atoms with van der Waals surface area (Å²) in [5, 5.41) is 10.2. The molecule has 2 fully saturated rings. The van der Waals surface area contributed by atoms with Crippen LogP contribution in [0.1, 0.15) is 16.8 Å². The SMILES string of the molecule is O[C@@H]1CO[C@H]2[C@@H]1OC[C@H]2Oc1nc2nc(CCc3ccccc3C(F)(F)F)c(Cl)cc2[nH]1. The average molecular weight is 470 g/mol. The molecule has 2 aliphatic rings. The highest BCUT2D eigenvalue weighted by atomic mass is 35.5. The number of benzene rings is 1. The predicted molar refractivity (Wildman–Crippen MR) is 108 cm³/mol. The van der Waals surface area contributed by atoms with Crippen molar-refractivity contribution in [3.05, 3.63) is 52.2 Å². The molecular weight excluding hydrogens is 451 g/mol. The fourth-order valence-corrected chi connectivity index (χ4v) is 4.37. The molecule has 2 saturated heterocycles. The molecule has 2 aliphatic heterocycles. The zero-order chi connectivity index (χ0) is 22.5. The molecule has 5 rings (SSSR count). The molecule has 1 aromatic carbocycles. The number of aliphatic hydroxyl groups is 1. The Morgan fingerprint density at radius 2 is 1.91 bits per heavy atom. The number of aromatic amines is 1. The van der Waals surface area contributed by atoms with Crippen LogP contribution in [0, 0.1) is 0 Å². The Bertz CT molecular complexity index is 1140. The van der Waals surface area contributed by atoms with Crippen molar-refractivity contribution in [1.29, 1.82) is 0 Å². The topological polar surface area (TPSA) is 89.5 Å². The zero-order valence-corrected chi connectivity index (χ0v) is 17.4. The molecular formula is C21H19ClF3N3O4. The molecule has 2 aromatic heterocycles. The van der Waals surface area contributed by atoms with Crippen molar-refractivity contribution in [2.75, 3.05) is 13.2 Å². The van der Waals surface area contributed by atoms with E-state index in [0.29, 0.717) is 21.9 Å². The Labute approximate surface area is 185 Å². The van der Waals surface area contributed by atoms with E-state index in [4.69, 9.17) is 25.8 Å². The molecule has 32 heavy (non-hydrogen) atoms. The van der Waals surface area contributed by atoms with Gasteiger partial charge in [0.1, 0.15) is 18.3 Å². The molecule has 4 atom stereocenters. The number of ether oxygens (including phenoxy) is 3. The van der Waals surface area contributed by atoms with E-state index in [1.807, 2.05) is 0 Å². The number of fused-ring (bicyclic) bond motifs is 2. The van der Waals surface area contributed by atoms with Gasteiger partial charge in [0, 0.05) is 0 Å². The van der Waals surface area contributed by atoms with E-state index < -0.39 is 30.1 Å². The van der Waals surface area contributed by atoms with Crippen LogP contribution in [0.25, 0.3) is 11.2 Å². The third kappa shape index (κ3) is 4.03. The number of rotatable bonds is 5. The minimum absolute atomic E-state index is 0.129. The third-order valence-electron chi connectivity index (χ3n) is 5.68. The van der Waals surface area contributed by atoms with E-state index in [9.17, 15) is 18.3 Å². The van der Waals surface area contributed by atoms with Crippen molar-refractivity contribution < 1.29 is 32.5 Å². The molecule has 0 bridgehead atoms. The number of imidazole rings is 1. The van der Waals surface area contributed by atoms with Gasteiger partial charge in [0.2, 0.25) is 0 Å². The van der Waals surface area contributed by atoms with Crippen molar-refractivity contribution in [2.24, 2.45) is 0 Å². The first-order valence-electron chi connectivity index (χ1n) is 10.1. The van der Waals surface area contributed by atoms with Gasteiger partial charge in [-0.2, -0.15) is 18.2 Å². The minimum Gasteiger partial charge on any atom is -0.456 e. The minimum atomic E-state index is -4.42. The van der Waals surface area contributed by atoms with Crippen LogP contribution in [0.4, 0.5) is 13.2 Å². The fourth-order valence-electron chi connectivity index (χ4n) is 4.12. The summed E-state index contributed by atoms with van der Waals surface area (Å²) in [7, 11) is 0. The Morgan fingerprint density at radius 3 is 2.72 bits per heavy atom. The molecule has 0 radical (unpaired) electrons. The second-order valence-corrected chi connectivity index (χ2v) is 8.21. The van der Waals surface area contributed by atoms with Crippen LogP contribution in [0.2, 0.25) is 5.02 Å². The lowest BCUT2D eigenvalue weighted by Gasteiger charge is -2.15. The first kappa shape index (κ1) is 21.4. The summed E-state index contributed by atoms with van der Waals surface area (Å²) < 4.78 is 56.6.